The monoisotopic (exact) mass is 349 g/mol. The minimum Gasteiger partial charge on any atom is -0.256 e. The molecule has 3 aromatic carbocycles. The van der Waals surface area contributed by atoms with E-state index in [-0.39, 0.29) is 11.1 Å². The molecule has 0 N–H and O–H groups in total. The smallest absolute Gasteiger partial charge is 0.256 e. The van der Waals surface area contributed by atoms with Crippen molar-refractivity contribution in [3.8, 4) is 11.3 Å². The van der Waals surface area contributed by atoms with Crippen molar-refractivity contribution in [2.75, 3.05) is 0 Å². The summed E-state index contributed by atoms with van der Waals surface area (Å²) in [5.41, 5.74) is -0.362. The molecule has 0 saturated heterocycles. The first kappa shape index (κ1) is 15.4. The van der Waals surface area contributed by atoms with Crippen LogP contribution >= 0.6 is 0 Å². The number of aromatic nitrogens is 1. The molecule has 1 heterocycles. The highest BCUT2D eigenvalue weighted by atomic mass is 19.4. The van der Waals surface area contributed by atoms with Crippen molar-refractivity contribution >= 4 is 21.5 Å². The van der Waals surface area contributed by atoms with Gasteiger partial charge >= 0.3 is 6.18 Å². The summed E-state index contributed by atoms with van der Waals surface area (Å²) >= 11 is 0. The van der Waals surface area contributed by atoms with E-state index in [0.717, 1.165) is 16.2 Å². The van der Waals surface area contributed by atoms with Gasteiger partial charge in [0.15, 0.2) is 0 Å². The van der Waals surface area contributed by atoms with Crippen molar-refractivity contribution in [1.29, 1.82) is 0 Å². The zero-order chi connectivity index (χ0) is 18.1. The third-order valence-electron chi connectivity index (χ3n) is 5.60. The van der Waals surface area contributed by atoms with Crippen LogP contribution < -0.4 is 0 Å². The molecule has 1 aromatic heterocycles. The lowest BCUT2D eigenvalue weighted by molar-refractivity contribution is -0.172. The Labute approximate surface area is 148 Å². The fourth-order valence-corrected chi connectivity index (χ4v) is 4.23. The van der Waals surface area contributed by atoms with Crippen LogP contribution in [0.15, 0.2) is 66.9 Å². The zero-order valence-corrected chi connectivity index (χ0v) is 13.9. The van der Waals surface area contributed by atoms with E-state index in [4.69, 9.17) is 0 Å². The number of benzene rings is 3. The second-order valence-electron chi connectivity index (χ2n) is 6.90. The molecule has 0 amide bonds. The summed E-state index contributed by atoms with van der Waals surface area (Å²) in [6.07, 6.45) is -2.74. The van der Waals surface area contributed by atoms with Crippen molar-refractivity contribution in [1.82, 2.24) is 4.98 Å². The van der Waals surface area contributed by atoms with Crippen LogP contribution in [0.1, 0.15) is 18.1 Å². The van der Waals surface area contributed by atoms with E-state index in [0.29, 0.717) is 16.6 Å². The lowest BCUT2D eigenvalue weighted by atomic mass is 9.67. The molecule has 1 nitrogen and oxygen atoms in total. The summed E-state index contributed by atoms with van der Waals surface area (Å²) < 4.78 is 43.2. The normalized spacial score (nSPS) is 18.9. The summed E-state index contributed by atoms with van der Waals surface area (Å²) in [4.78, 5) is 4.47. The summed E-state index contributed by atoms with van der Waals surface area (Å²) in [6.45, 7) is 1.28. The number of halogens is 3. The molecular weight excluding hydrogens is 335 g/mol. The molecule has 0 bridgehead atoms. The van der Waals surface area contributed by atoms with E-state index in [2.05, 4.69) is 4.98 Å². The first-order chi connectivity index (χ1) is 12.4. The van der Waals surface area contributed by atoms with Gasteiger partial charge in [-0.15, -0.1) is 0 Å². The number of pyridine rings is 1. The predicted molar refractivity (Wildman–Crippen MR) is 97.2 cm³/mol. The fourth-order valence-electron chi connectivity index (χ4n) is 4.23. The molecule has 1 unspecified atom stereocenters. The highest BCUT2D eigenvalue weighted by Gasteiger charge is 2.56. The number of fused-ring (bicyclic) bond motifs is 4. The maximum absolute atomic E-state index is 14.4. The van der Waals surface area contributed by atoms with E-state index in [9.17, 15) is 13.2 Å². The van der Waals surface area contributed by atoms with Crippen LogP contribution in [0.5, 0.6) is 0 Å². The molecule has 4 aromatic rings. The van der Waals surface area contributed by atoms with Gasteiger partial charge in [0.05, 0.1) is 5.69 Å². The number of nitrogens with zero attached hydrogens (tertiary/aromatic N) is 1. The molecule has 5 rings (SSSR count). The summed E-state index contributed by atoms with van der Waals surface area (Å²) in [7, 11) is 0. The quantitative estimate of drug-likeness (QED) is 0.343. The number of hydrogen-bond donors (Lipinski definition) is 0. The van der Waals surface area contributed by atoms with E-state index in [1.165, 1.54) is 6.92 Å². The van der Waals surface area contributed by atoms with Crippen LogP contribution in [-0.4, -0.2) is 11.2 Å². The summed E-state index contributed by atoms with van der Waals surface area (Å²) in [5, 5.41) is 3.17. The van der Waals surface area contributed by atoms with Gasteiger partial charge in [0.25, 0.3) is 0 Å². The minimum absolute atomic E-state index is 0.260. The van der Waals surface area contributed by atoms with Gasteiger partial charge in [-0.2, -0.15) is 13.2 Å². The van der Waals surface area contributed by atoms with Crippen LogP contribution in [0.3, 0.4) is 0 Å². The molecule has 1 atom stereocenters. The van der Waals surface area contributed by atoms with Crippen molar-refractivity contribution in [2.45, 2.75) is 18.5 Å². The SMILES string of the molecule is CC1(C(F)(F)F)c2ccccc2-c2nccc3c2c1cc1ccccc13. The zero-order valence-electron chi connectivity index (χ0n) is 13.9. The van der Waals surface area contributed by atoms with Gasteiger partial charge in [-0.1, -0.05) is 48.5 Å². The Balaban J connectivity index is 2.09. The van der Waals surface area contributed by atoms with Crippen LogP contribution in [-0.2, 0) is 5.41 Å². The van der Waals surface area contributed by atoms with E-state index < -0.39 is 11.6 Å². The molecule has 0 fully saturated rings. The van der Waals surface area contributed by atoms with Crippen molar-refractivity contribution in [3.63, 3.8) is 0 Å². The predicted octanol–water partition coefficient (Wildman–Crippen LogP) is 6.24. The maximum atomic E-state index is 14.4. The van der Waals surface area contributed by atoms with Gasteiger partial charge in [-0.3, -0.25) is 4.98 Å². The molecule has 26 heavy (non-hydrogen) atoms. The highest BCUT2D eigenvalue weighted by molar-refractivity contribution is 6.14. The van der Waals surface area contributed by atoms with Gasteiger partial charge in [-0.25, -0.2) is 0 Å². The molecule has 128 valence electrons. The van der Waals surface area contributed by atoms with Gasteiger partial charge in [0.1, 0.15) is 5.41 Å². The van der Waals surface area contributed by atoms with Crippen molar-refractivity contribution in [3.05, 3.63) is 78.0 Å². The summed E-state index contributed by atoms with van der Waals surface area (Å²) in [5.74, 6) is 0. The second-order valence-corrected chi connectivity index (χ2v) is 6.90. The van der Waals surface area contributed by atoms with E-state index in [1.54, 1.807) is 36.5 Å². The van der Waals surface area contributed by atoms with Crippen LogP contribution in [0.4, 0.5) is 13.2 Å². The molecule has 1 aliphatic carbocycles. The van der Waals surface area contributed by atoms with Crippen LogP contribution in [0.25, 0.3) is 32.8 Å². The number of hydrogen-bond acceptors (Lipinski definition) is 1. The highest BCUT2D eigenvalue weighted by Crippen LogP contribution is 2.55. The number of rotatable bonds is 0. The lowest BCUT2D eigenvalue weighted by Gasteiger charge is -2.39. The molecule has 0 aliphatic heterocycles. The average molecular weight is 349 g/mol. The lowest BCUT2D eigenvalue weighted by Crippen LogP contribution is -2.42. The average Bonchev–Trinajstić information content (AvgIpc) is 2.65. The largest absolute Gasteiger partial charge is 0.402 e. The standard InChI is InChI=1S/C22H14F3N/c1-21(22(23,24)25)17-9-5-4-8-16(17)20-19-15(10-11-26-20)14-7-3-2-6-13(14)12-18(19)21/h2-12H,1H3. The Hall–Kier alpha value is -2.88. The van der Waals surface area contributed by atoms with Gasteiger partial charge in [0.2, 0.25) is 0 Å². The fraction of sp³-hybridized carbons (Fsp3) is 0.136. The van der Waals surface area contributed by atoms with Crippen LogP contribution in [0, 0.1) is 0 Å². The number of alkyl halides is 3. The Morgan fingerprint density at radius 2 is 1.58 bits per heavy atom. The van der Waals surface area contributed by atoms with E-state index >= 15 is 0 Å². The van der Waals surface area contributed by atoms with Gasteiger partial charge in [-0.05, 0) is 46.3 Å². The molecule has 0 radical (unpaired) electrons. The topological polar surface area (TPSA) is 12.9 Å². The van der Waals surface area contributed by atoms with Gasteiger partial charge < -0.3 is 0 Å². The molecule has 1 aliphatic rings. The van der Waals surface area contributed by atoms with Crippen LogP contribution in [0.2, 0.25) is 0 Å². The Morgan fingerprint density at radius 3 is 2.38 bits per heavy atom. The first-order valence-electron chi connectivity index (χ1n) is 8.40. The molecule has 0 spiro atoms. The molecule has 4 heteroatoms. The van der Waals surface area contributed by atoms with Crippen molar-refractivity contribution in [2.24, 2.45) is 0 Å². The Bertz CT molecular complexity index is 1190. The maximum Gasteiger partial charge on any atom is 0.402 e. The van der Waals surface area contributed by atoms with Gasteiger partial charge in [0, 0.05) is 17.1 Å². The summed E-state index contributed by atoms with van der Waals surface area (Å²) in [6, 6.07) is 17.8. The third-order valence-corrected chi connectivity index (χ3v) is 5.60. The Morgan fingerprint density at radius 1 is 0.846 bits per heavy atom. The van der Waals surface area contributed by atoms with Crippen molar-refractivity contribution < 1.29 is 13.2 Å². The first-order valence-corrected chi connectivity index (χ1v) is 8.40. The Kier molecular flexibility index (Phi) is 2.87. The van der Waals surface area contributed by atoms with E-state index in [1.807, 2.05) is 30.3 Å². The third kappa shape index (κ3) is 1.74. The minimum atomic E-state index is -4.42. The molecule has 0 saturated carbocycles. The molecular formula is C22H14F3N. The second kappa shape index (κ2) is 4.85.